The SMILES string of the molecule is O=C(O)n1ccc(NS(=O)(=O)CCCCl)n1. The minimum atomic E-state index is -3.51. The van der Waals surface area contributed by atoms with Gasteiger partial charge < -0.3 is 5.11 Å². The lowest BCUT2D eigenvalue weighted by Gasteiger charge is -2.03. The summed E-state index contributed by atoms with van der Waals surface area (Å²) < 4.78 is 25.5. The predicted octanol–water partition coefficient (Wildman–Crippen LogP) is 0.780. The number of aromatic nitrogens is 2. The van der Waals surface area contributed by atoms with Gasteiger partial charge in [-0.2, -0.15) is 4.68 Å². The average Bonchev–Trinajstić information content (AvgIpc) is 2.62. The van der Waals surface area contributed by atoms with E-state index in [1.807, 2.05) is 0 Å². The zero-order valence-corrected chi connectivity index (χ0v) is 9.70. The Kier molecular flexibility index (Phi) is 4.13. The van der Waals surface area contributed by atoms with E-state index in [0.717, 1.165) is 6.20 Å². The zero-order valence-electron chi connectivity index (χ0n) is 8.13. The van der Waals surface area contributed by atoms with E-state index in [2.05, 4.69) is 9.82 Å². The number of alkyl halides is 1. The second-order valence-electron chi connectivity index (χ2n) is 2.89. The first-order chi connectivity index (χ1) is 7.44. The maximum Gasteiger partial charge on any atom is 0.432 e. The molecule has 90 valence electrons. The van der Waals surface area contributed by atoms with Crippen LogP contribution in [-0.4, -0.2) is 41.0 Å². The molecule has 0 atom stereocenters. The van der Waals surface area contributed by atoms with Crippen molar-refractivity contribution in [3.05, 3.63) is 12.3 Å². The number of rotatable bonds is 5. The molecule has 0 unspecified atom stereocenters. The van der Waals surface area contributed by atoms with Crippen LogP contribution < -0.4 is 4.72 Å². The first kappa shape index (κ1) is 12.8. The number of sulfonamides is 1. The predicted molar refractivity (Wildman–Crippen MR) is 58.4 cm³/mol. The third-order valence-electron chi connectivity index (χ3n) is 1.59. The summed E-state index contributed by atoms with van der Waals surface area (Å²) in [5.41, 5.74) is 0. The maximum atomic E-state index is 11.4. The summed E-state index contributed by atoms with van der Waals surface area (Å²) >= 11 is 5.37. The van der Waals surface area contributed by atoms with E-state index >= 15 is 0 Å². The Morgan fingerprint density at radius 1 is 1.62 bits per heavy atom. The molecule has 0 aliphatic heterocycles. The van der Waals surface area contributed by atoms with Crippen molar-refractivity contribution < 1.29 is 18.3 Å². The third-order valence-corrected chi connectivity index (χ3v) is 3.21. The molecule has 0 saturated carbocycles. The average molecular weight is 268 g/mol. The van der Waals surface area contributed by atoms with Gasteiger partial charge in [-0.25, -0.2) is 13.2 Å². The Labute approximate surface area is 97.1 Å². The van der Waals surface area contributed by atoms with Gasteiger partial charge in [0.1, 0.15) is 0 Å². The molecule has 16 heavy (non-hydrogen) atoms. The number of hydrogen-bond donors (Lipinski definition) is 2. The molecule has 0 saturated heterocycles. The Hall–Kier alpha value is -1.28. The number of nitrogens with one attached hydrogen (secondary N) is 1. The summed E-state index contributed by atoms with van der Waals surface area (Å²) in [7, 11) is -3.51. The molecule has 1 rings (SSSR count). The summed E-state index contributed by atoms with van der Waals surface area (Å²) in [4.78, 5) is 10.5. The summed E-state index contributed by atoms with van der Waals surface area (Å²) in [6, 6.07) is 1.26. The molecule has 0 aliphatic rings. The number of carboxylic acid groups (broad SMARTS) is 1. The largest absolute Gasteiger partial charge is 0.463 e. The Balaban J connectivity index is 2.69. The number of carbonyl (C=O) groups is 1. The van der Waals surface area contributed by atoms with Crippen LogP contribution in [0.25, 0.3) is 0 Å². The molecular formula is C7H10ClN3O4S. The Morgan fingerprint density at radius 3 is 2.81 bits per heavy atom. The van der Waals surface area contributed by atoms with Gasteiger partial charge in [-0.3, -0.25) is 4.72 Å². The molecule has 0 aromatic carbocycles. The molecule has 0 spiro atoms. The molecule has 0 amide bonds. The van der Waals surface area contributed by atoms with Crippen LogP contribution in [-0.2, 0) is 10.0 Å². The lowest BCUT2D eigenvalue weighted by molar-refractivity contribution is 0.192. The van der Waals surface area contributed by atoms with Gasteiger partial charge >= 0.3 is 6.09 Å². The van der Waals surface area contributed by atoms with Gasteiger partial charge in [0, 0.05) is 18.1 Å². The van der Waals surface area contributed by atoms with Crippen molar-refractivity contribution in [2.24, 2.45) is 0 Å². The fraction of sp³-hybridized carbons (Fsp3) is 0.429. The Morgan fingerprint density at radius 2 is 2.31 bits per heavy atom. The summed E-state index contributed by atoms with van der Waals surface area (Å²) in [6.45, 7) is 0. The van der Waals surface area contributed by atoms with Crippen molar-refractivity contribution >= 4 is 33.5 Å². The van der Waals surface area contributed by atoms with Gasteiger partial charge in [0.15, 0.2) is 5.82 Å². The van der Waals surface area contributed by atoms with E-state index in [-0.39, 0.29) is 17.5 Å². The third kappa shape index (κ3) is 3.70. The lowest BCUT2D eigenvalue weighted by atomic mass is 10.6. The number of anilines is 1. The molecule has 1 aromatic rings. The molecular weight excluding hydrogens is 258 g/mol. The second-order valence-corrected chi connectivity index (χ2v) is 5.11. The highest BCUT2D eigenvalue weighted by Gasteiger charge is 2.12. The highest BCUT2D eigenvalue weighted by molar-refractivity contribution is 7.92. The topological polar surface area (TPSA) is 101 Å². The van der Waals surface area contributed by atoms with Crippen molar-refractivity contribution in [2.75, 3.05) is 16.4 Å². The van der Waals surface area contributed by atoms with Gasteiger partial charge in [-0.05, 0) is 6.42 Å². The summed E-state index contributed by atoms with van der Waals surface area (Å²) in [5.74, 6) is 0.0814. The molecule has 9 heteroatoms. The number of hydrogen-bond acceptors (Lipinski definition) is 4. The van der Waals surface area contributed by atoms with Crippen LogP contribution in [0, 0.1) is 0 Å². The van der Waals surface area contributed by atoms with E-state index < -0.39 is 16.1 Å². The quantitative estimate of drug-likeness (QED) is 0.768. The van der Waals surface area contributed by atoms with Crippen molar-refractivity contribution in [3.63, 3.8) is 0 Å². The first-order valence-corrected chi connectivity index (χ1v) is 6.49. The van der Waals surface area contributed by atoms with Gasteiger partial charge in [-0.1, -0.05) is 0 Å². The van der Waals surface area contributed by atoms with E-state index in [1.54, 1.807) is 0 Å². The summed E-state index contributed by atoms with van der Waals surface area (Å²) in [6.07, 6.45) is 0.171. The van der Waals surface area contributed by atoms with E-state index in [1.165, 1.54) is 6.07 Å². The molecule has 0 aliphatic carbocycles. The van der Waals surface area contributed by atoms with Crippen LogP contribution in [0.2, 0.25) is 0 Å². The summed E-state index contributed by atoms with van der Waals surface area (Å²) in [5, 5.41) is 12.0. The van der Waals surface area contributed by atoms with Gasteiger partial charge in [0.05, 0.1) is 5.75 Å². The van der Waals surface area contributed by atoms with E-state index in [9.17, 15) is 13.2 Å². The second kappa shape index (κ2) is 5.17. The van der Waals surface area contributed by atoms with Crippen molar-refractivity contribution in [3.8, 4) is 0 Å². The smallest absolute Gasteiger partial charge is 0.432 e. The lowest BCUT2D eigenvalue weighted by Crippen LogP contribution is -2.18. The normalized spacial score (nSPS) is 11.3. The molecule has 0 radical (unpaired) electrons. The fourth-order valence-corrected chi connectivity index (χ4v) is 2.29. The van der Waals surface area contributed by atoms with Crippen LogP contribution >= 0.6 is 11.6 Å². The maximum absolute atomic E-state index is 11.4. The highest BCUT2D eigenvalue weighted by Crippen LogP contribution is 2.06. The Bertz CT molecular complexity index is 470. The van der Waals surface area contributed by atoms with Crippen molar-refractivity contribution in [2.45, 2.75) is 6.42 Å². The van der Waals surface area contributed by atoms with Gasteiger partial charge in [-0.15, -0.1) is 16.7 Å². The number of nitrogens with zero attached hydrogens (tertiary/aromatic N) is 2. The van der Waals surface area contributed by atoms with Crippen molar-refractivity contribution in [1.29, 1.82) is 0 Å². The minimum Gasteiger partial charge on any atom is -0.463 e. The monoisotopic (exact) mass is 267 g/mol. The molecule has 1 heterocycles. The van der Waals surface area contributed by atoms with Crippen LogP contribution in [0.5, 0.6) is 0 Å². The minimum absolute atomic E-state index is 0.0306. The van der Waals surface area contributed by atoms with E-state index in [0.29, 0.717) is 11.1 Å². The molecule has 0 bridgehead atoms. The van der Waals surface area contributed by atoms with Crippen LogP contribution in [0.1, 0.15) is 6.42 Å². The molecule has 7 nitrogen and oxygen atoms in total. The van der Waals surface area contributed by atoms with Gasteiger partial charge in [0.25, 0.3) is 0 Å². The van der Waals surface area contributed by atoms with E-state index in [4.69, 9.17) is 16.7 Å². The molecule has 0 fully saturated rings. The molecule has 1 aromatic heterocycles. The fourth-order valence-electron chi connectivity index (χ4n) is 0.940. The van der Waals surface area contributed by atoms with Crippen molar-refractivity contribution in [1.82, 2.24) is 9.78 Å². The first-order valence-electron chi connectivity index (χ1n) is 4.30. The zero-order chi connectivity index (χ0) is 12.2. The van der Waals surface area contributed by atoms with Gasteiger partial charge in [0.2, 0.25) is 10.0 Å². The van der Waals surface area contributed by atoms with Crippen LogP contribution in [0.15, 0.2) is 12.3 Å². The standard InChI is InChI=1S/C7H10ClN3O4S/c8-3-1-5-16(14,15)10-6-2-4-11(9-6)7(12)13/h2,4H,1,3,5H2,(H,9,10)(H,12,13). The van der Waals surface area contributed by atoms with Crippen LogP contribution in [0.4, 0.5) is 10.6 Å². The number of halogens is 1. The highest BCUT2D eigenvalue weighted by atomic mass is 35.5. The van der Waals surface area contributed by atoms with Crippen LogP contribution in [0.3, 0.4) is 0 Å². The molecule has 2 N–H and O–H groups in total.